The van der Waals surface area contributed by atoms with Crippen LogP contribution in [0.25, 0.3) is 0 Å². The summed E-state index contributed by atoms with van der Waals surface area (Å²) < 4.78 is 11.5. The van der Waals surface area contributed by atoms with Gasteiger partial charge in [0.15, 0.2) is 17.4 Å². The smallest absolute Gasteiger partial charge is 0.186 e. The summed E-state index contributed by atoms with van der Waals surface area (Å²) in [6.07, 6.45) is 6.61. The molecule has 0 saturated carbocycles. The Labute approximate surface area is 140 Å². The molecule has 2 aliphatic rings. The van der Waals surface area contributed by atoms with E-state index < -0.39 is 17.4 Å². The van der Waals surface area contributed by atoms with Crippen LogP contribution in [0.1, 0.15) is 46.0 Å². The maximum atomic E-state index is 5.85. The molecule has 132 valence electrons. The zero-order valence-electron chi connectivity index (χ0n) is 15.2. The summed E-state index contributed by atoms with van der Waals surface area (Å²) in [5.74, 6) is 0. The van der Waals surface area contributed by atoms with Crippen LogP contribution < -0.4 is 11.1 Å². The Balaban J connectivity index is 0.000000255. The molecular formula is C16H38N2O2Si2. The molecule has 6 heteroatoms. The first-order valence-electron chi connectivity index (χ1n) is 9.20. The van der Waals surface area contributed by atoms with E-state index in [9.17, 15) is 0 Å². The van der Waals surface area contributed by atoms with E-state index in [1.807, 2.05) is 6.92 Å². The lowest BCUT2D eigenvalue weighted by Crippen LogP contribution is -2.44. The van der Waals surface area contributed by atoms with Gasteiger partial charge in [-0.3, -0.25) is 5.32 Å². The molecule has 4 nitrogen and oxygen atoms in total. The summed E-state index contributed by atoms with van der Waals surface area (Å²) in [5.41, 5.74) is 5.74. The van der Waals surface area contributed by atoms with E-state index in [-0.39, 0.29) is 6.17 Å². The van der Waals surface area contributed by atoms with Crippen molar-refractivity contribution >= 4 is 17.4 Å². The van der Waals surface area contributed by atoms with Gasteiger partial charge in [0.1, 0.15) is 0 Å². The van der Waals surface area contributed by atoms with E-state index in [1.54, 1.807) is 0 Å². The molecule has 2 rings (SSSR count). The first-order valence-corrected chi connectivity index (χ1v) is 14.4. The van der Waals surface area contributed by atoms with Crippen LogP contribution >= 0.6 is 0 Å². The van der Waals surface area contributed by atoms with Crippen LogP contribution in [0.5, 0.6) is 0 Å². The van der Waals surface area contributed by atoms with Crippen LogP contribution in [0.15, 0.2) is 0 Å². The maximum absolute atomic E-state index is 5.85. The van der Waals surface area contributed by atoms with Gasteiger partial charge in [0.05, 0.1) is 6.17 Å². The SMILES string of the molecule is CCC(C[SiH]1CCCCO1)NC(C)N.C[Si]1(C)CCCCO1. The Morgan fingerprint density at radius 1 is 1.18 bits per heavy atom. The number of nitrogens with one attached hydrogen (secondary N) is 1. The molecule has 0 amide bonds. The van der Waals surface area contributed by atoms with Gasteiger partial charge in [0, 0.05) is 19.3 Å². The Hall–Kier alpha value is 0.274. The maximum Gasteiger partial charge on any atom is 0.186 e. The minimum absolute atomic E-state index is 0.109. The molecule has 0 aromatic carbocycles. The summed E-state index contributed by atoms with van der Waals surface area (Å²) in [7, 11) is -1.97. The highest BCUT2D eigenvalue weighted by Crippen LogP contribution is 2.20. The number of hydrogen-bond donors (Lipinski definition) is 2. The van der Waals surface area contributed by atoms with Crippen molar-refractivity contribution in [2.24, 2.45) is 5.73 Å². The van der Waals surface area contributed by atoms with Crippen molar-refractivity contribution in [1.29, 1.82) is 0 Å². The van der Waals surface area contributed by atoms with Crippen LogP contribution in [-0.4, -0.2) is 42.8 Å². The van der Waals surface area contributed by atoms with Crippen LogP contribution in [0.2, 0.25) is 31.2 Å². The molecule has 3 atom stereocenters. The molecule has 22 heavy (non-hydrogen) atoms. The standard InChI is InChI=1S/C10H24N2OSi.C6H14OSi/c1-3-10(12-9(2)11)8-14-7-5-4-6-13-14;1-8(2)6-4-3-5-7-8/h9-10,12,14H,3-8,11H2,1-2H3;3-6H2,1-2H3. The first-order chi connectivity index (χ1) is 10.4. The second-order valence-corrected chi connectivity index (χ2v) is 14.3. The fourth-order valence-corrected chi connectivity index (χ4v) is 7.94. The van der Waals surface area contributed by atoms with Gasteiger partial charge in [-0.05, 0) is 57.4 Å². The van der Waals surface area contributed by atoms with E-state index in [0.29, 0.717) is 6.04 Å². The Morgan fingerprint density at radius 3 is 2.32 bits per heavy atom. The van der Waals surface area contributed by atoms with Gasteiger partial charge in [-0.1, -0.05) is 19.8 Å². The van der Waals surface area contributed by atoms with Crippen molar-refractivity contribution < 1.29 is 8.85 Å². The van der Waals surface area contributed by atoms with Gasteiger partial charge >= 0.3 is 0 Å². The second-order valence-electron chi connectivity index (χ2n) is 7.35. The van der Waals surface area contributed by atoms with Crippen LogP contribution in [-0.2, 0) is 8.85 Å². The normalized spacial score (nSPS) is 27.4. The molecule has 2 fully saturated rings. The molecule has 0 aliphatic carbocycles. The lowest BCUT2D eigenvalue weighted by atomic mass is 10.2. The van der Waals surface area contributed by atoms with Crippen molar-refractivity contribution in [3.63, 3.8) is 0 Å². The average molecular weight is 347 g/mol. The minimum Gasteiger partial charge on any atom is -0.420 e. The van der Waals surface area contributed by atoms with E-state index in [0.717, 1.165) is 19.6 Å². The van der Waals surface area contributed by atoms with Crippen LogP contribution in [0.4, 0.5) is 0 Å². The molecule has 0 spiro atoms. The third-order valence-electron chi connectivity index (χ3n) is 4.48. The Kier molecular flexibility index (Phi) is 10.1. The molecule has 0 bridgehead atoms. The van der Waals surface area contributed by atoms with Gasteiger partial charge in [-0.15, -0.1) is 0 Å². The molecule has 0 aromatic rings. The molecule has 3 N–H and O–H groups in total. The quantitative estimate of drug-likeness (QED) is 0.593. The van der Waals surface area contributed by atoms with E-state index in [1.165, 1.54) is 43.8 Å². The predicted molar refractivity (Wildman–Crippen MR) is 100 cm³/mol. The summed E-state index contributed by atoms with van der Waals surface area (Å²) in [6.45, 7) is 10.9. The molecule has 3 unspecified atom stereocenters. The second kappa shape index (κ2) is 10.9. The van der Waals surface area contributed by atoms with E-state index in [2.05, 4.69) is 25.3 Å². The monoisotopic (exact) mass is 346 g/mol. The zero-order valence-corrected chi connectivity index (χ0v) is 17.4. The van der Waals surface area contributed by atoms with E-state index in [4.69, 9.17) is 14.6 Å². The largest absolute Gasteiger partial charge is 0.420 e. The topological polar surface area (TPSA) is 56.5 Å². The summed E-state index contributed by atoms with van der Waals surface area (Å²) >= 11 is 0. The Morgan fingerprint density at radius 2 is 1.91 bits per heavy atom. The zero-order chi connectivity index (χ0) is 16.4. The molecule has 2 saturated heterocycles. The number of rotatable bonds is 5. The van der Waals surface area contributed by atoms with Crippen LogP contribution in [0.3, 0.4) is 0 Å². The number of hydrogen-bond acceptors (Lipinski definition) is 4. The first kappa shape index (κ1) is 20.3. The van der Waals surface area contributed by atoms with Crippen molar-refractivity contribution in [3.8, 4) is 0 Å². The summed E-state index contributed by atoms with van der Waals surface area (Å²) in [4.78, 5) is 0. The molecule has 2 heterocycles. The fraction of sp³-hybridized carbons (Fsp3) is 1.00. The highest BCUT2D eigenvalue weighted by Gasteiger charge is 2.24. The molecule has 0 radical (unpaired) electrons. The molecule has 0 aromatic heterocycles. The lowest BCUT2D eigenvalue weighted by molar-refractivity contribution is 0.275. The summed E-state index contributed by atoms with van der Waals surface area (Å²) in [6, 6.07) is 4.55. The van der Waals surface area contributed by atoms with Crippen molar-refractivity contribution in [2.45, 2.75) is 89.4 Å². The van der Waals surface area contributed by atoms with Crippen LogP contribution in [0, 0.1) is 0 Å². The number of nitrogens with two attached hydrogens (primary N) is 1. The highest BCUT2D eigenvalue weighted by atomic mass is 28.4. The van der Waals surface area contributed by atoms with Crippen molar-refractivity contribution in [3.05, 3.63) is 0 Å². The fourth-order valence-electron chi connectivity index (χ4n) is 3.11. The Bertz CT molecular complexity index is 277. The predicted octanol–water partition coefficient (Wildman–Crippen LogP) is 3.20. The third kappa shape index (κ3) is 9.42. The molecular weight excluding hydrogens is 308 g/mol. The van der Waals surface area contributed by atoms with E-state index >= 15 is 0 Å². The summed E-state index contributed by atoms with van der Waals surface area (Å²) in [5, 5.41) is 3.41. The van der Waals surface area contributed by atoms with Crippen molar-refractivity contribution in [1.82, 2.24) is 5.32 Å². The highest BCUT2D eigenvalue weighted by molar-refractivity contribution is 6.71. The molecule has 2 aliphatic heterocycles. The minimum atomic E-state index is -1.09. The van der Waals surface area contributed by atoms with Gasteiger partial charge in [0.2, 0.25) is 0 Å². The van der Waals surface area contributed by atoms with Gasteiger partial charge in [-0.2, -0.15) is 0 Å². The average Bonchev–Trinajstić information content (AvgIpc) is 2.47. The van der Waals surface area contributed by atoms with Crippen molar-refractivity contribution in [2.75, 3.05) is 13.2 Å². The van der Waals surface area contributed by atoms with Gasteiger partial charge in [0.25, 0.3) is 0 Å². The third-order valence-corrected chi connectivity index (χ3v) is 9.88. The van der Waals surface area contributed by atoms with Gasteiger partial charge in [-0.25, -0.2) is 0 Å². The van der Waals surface area contributed by atoms with Gasteiger partial charge < -0.3 is 14.6 Å². The lowest BCUT2D eigenvalue weighted by Gasteiger charge is -2.27.